The second kappa shape index (κ2) is 14.1. The minimum absolute atomic E-state index is 0.0169. The van der Waals surface area contributed by atoms with E-state index in [-0.39, 0.29) is 43.9 Å². The van der Waals surface area contributed by atoms with Crippen molar-refractivity contribution in [3.05, 3.63) is 72.6 Å². The summed E-state index contributed by atoms with van der Waals surface area (Å²) in [4.78, 5) is 40.1. The van der Waals surface area contributed by atoms with E-state index < -0.39 is 29.8 Å². The zero-order chi connectivity index (χ0) is 32.8. The van der Waals surface area contributed by atoms with E-state index in [0.29, 0.717) is 37.2 Å². The van der Waals surface area contributed by atoms with Gasteiger partial charge in [-0.05, 0) is 49.9 Å². The van der Waals surface area contributed by atoms with Crippen LogP contribution in [0, 0.1) is 0 Å². The summed E-state index contributed by atoms with van der Waals surface area (Å²) in [7, 11) is 1.48. The van der Waals surface area contributed by atoms with Gasteiger partial charge in [-0.25, -0.2) is 24.7 Å². The second-order valence-electron chi connectivity index (χ2n) is 10.9. The molecule has 6 rings (SSSR count). The van der Waals surface area contributed by atoms with E-state index in [9.17, 15) is 18.0 Å². The van der Waals surface area contributed by atoms with Crippen molar-refractivity contribution < 1.29 is 36.9 Å². The molecule has 1 N–H and O–H groups in total. The lowest BCUT2D eigenvalue weighted by Gasteiger charge is -2.36. The Morgan fingerprint density at radius 1 is 0.957 bits per heavy atom. The molecule has 0 atom stereocenters. The van der Waals surface area contributed by atoms with Gasteiger partial charge < -0.3 is 24.3 Å². The molecule has 2 aliphatic rings. The lowest BCUT2D eigenvalue weighted by atomic mass is 9.90. The number of nitrogens with one attached hydrogen (secondary N) is 1. The number of rotatable bonds is 10. The molecule has 0 spiro atoms. The van der Waals surface area contributed by atoms with Gasteiger partial charge in [0.2, 0.25) is 11.8 Å². The van der Waals surface area contributed by atoms with E-state index in [2.05, 4.69) is 35.2 Å². The number of carbonyl (C=O) groups is 1. The number of anilines is 2. The largest absolute Gasteiger partial charge is 0.469 e. The zero-order valence-corrected chi connectivity index (χ0v) is 25.3. The molecule has 13 nitrogen and oxygen atoms in total. The molecule has 0 radical (unpaired) electrons. The molecule has 1 amide bonds. The van der Waals surface area contributed by atoms with Gasteiger partial charge in [-0.1, -0.05) is 6.07 Å². The fourth-order valence-electron chi connectivity index (χ4n) is 5.21. The van der Waals surface area contributed by atoms with Crippen molar-refractivity contribution in [3.8, 4) is 23.0 Å². The molecule has 246 valence electrons. The van der Waals surface area contributed by atoms with Crippen LogP contribution in [-0.4, -0.2) is 74.5 Å². The molecule has 4 aromatic heterocycles. The zero-order valence-electron chi connectivity index (χ0n) is 25.3. The van der Waals surface area contributed by atoms with E-state index in [0.717, 1.165) is 17.3 Å². The smallest absolute Gasteiger partial charge is 0.423 e. The summed E-state index contributed by atoms with van der Waals surface area (Å²) in [5.74, 6) is -0.101. The van der Waals surface area contributed by atoms with Crippen molar-refractivity contribution in [2.24, 2.45) is 0 Å². The van der Waals surface area contributed by atoms with Crippen LogP contribution in [0.5, 0.6) is 11.9 Å². The highest BCUT2D eigenvalue weighted by atomic mass is 19.4. The van der Waals surface area contributed by atoms with Gasteiger partial charge in [-0.15, -0.1) is 0 Å². The summed E-state index contributed by atoms with van der Waals surface area (Å²) in [5, 5.41) is 3.14. The maximum Gasteiger partial charge on any atom is 0.423 e. The van der Waals surface area contributed by atoms with Crippen molar-refractivity contribution in [1.82, 2.24) is 29.9 Å². The first-order valence-corrected chi connectivity index (χ1v) is 14.9. The highest BCUT2D eigenvalue weighted by molar-refractivity contribution is 5.87. The van der Waals surface area contributed by atoms with Gasteiger partial charge in [0.05, 0.1) is 26.0 Å². The SMILES string of the molecule is COc1ncc(-c2ccc(N(C(=O)OCc3ccccn3)C3CCC(Nc4ncc(C(F)(F)F)c(OC5COC5)n4)CC3)nc2)cn1. The third kappa shape index (κ3) is 7.82. The number of methoxy groups -OCH3 is 1. The Morgan fingerprint density at radius 2 is 1.72 bits per heavy atom. The quantitative estimate of drug-likeness (QED) is 0.243. The van der Waals surface area contributed by atoms with E-state index in [1.54, 1.807) is 43.0 Å². The number of ether oxygens (including phenoxy) is 4. The minimum atomic E-state index is -4.67. The molecule has 1 saturated carbocycles. The van der Waals surface area contributed by atoms with Crippen LogP contribution in [-0.2, 0) is 22.3 Å². The van der Waals surface area contributed by atoms with Crippen LogP contribution in [0.3, 0.4) is 0 Å². The average Bonchev–Trinajstić information content (AvgIpc) is 3.07. The van der Waals surface area contributed by atoms with Crippen LogP contribution >= 0.6 is 0 Å². The van der Waals surface area contributed by atoms with Crippen LogP contribution in [0.2, 0.25) is 0 Å². The molecule has 16 heteroatoms. The van der Waals surface area contributed by atoms with Crippen molar-refractivity contribution in [2.75, 3.05) is 30.5 Å². The van der Waals surface area contributed by atoms with Crippen LogP contribution in [0.25, 0.3) is 11.1 Å². The third-order valence-corrected chi connectivity index (χ3v) is 7.75. The van der Waals surface area contributed by atoms with Crippen molar-refractivity contribution >= 4 is 17.9 Å². The molecule has 0 aromatic carbocycles. The molecule has 2 fully saturated rings. The number of pyridine rings is 2. The number of hydrogen-bond donors (Lipinski definition) is 1. The van der Waals surface area contributed by atoms with Gasteiger partial charge >= 0.3 is 18.3 Å². The fourth-order valence-corrected chi connectivity index (χ4v) is 5.21. The Bertz CT molecular complexity index is 1640. The van der Waals surface area contributed by atoms with Gasteiger partial charge in [-0.3, -0.25) is 9.88 Å². The summed E-state index contributed by atoms with van der Waals surface area (Å²) < 4.78 is 61.8. The lowest BCUT2D eigenvalue weighted by molar-refractivity contribution is -0.142. The molecule has 1 saturated heterocycles. The number of aromatic nitrogens is 6. The molecular weight excluding hydrogens is 621 g/mol. The Morgan fingerprint density at radius 3 is 2.34 bits per heavy atom. The Hall–Kier alpha value is -5.12. The number of amides is 1. The summed E-state index contributed by atoms with van der Waals surface area (Å²) >= 11 is 0. The Kier molecular flexibility index (Phi) is 9.56. The number of alkyl halides is 3. The fraction of sp³-hybridized carbons (Fsp3) is 0.387. The molecule has 5 heterocycles. The summed E-state index contributed by atoms with van der Waals surface area (Å²) in [6.07, 6.45) is 3.73. The second-order valence-corrected chi connectivity index (χ2v) is 10.9. The van der Waals surface area contributed by atoms with Gasteiger partial charge in [0.25, 0.3) is 0 Å². The predicted molar refractivity (Wildman–Crippen MR) is 161 cm³/mol. The topological polar surface area (TPSA) is 147 Å². The predicted octanol–water partition coefficient (Wildman–Crippen LogP) is 5.10. The van der Waals surface area contributed by atoms with Gasteiger partial charge in [0.1, 0.15) is 24.1 Å². The van der Waals surface area contributed by atoms with Crippen molar-refractivity contribution in [2.45, 2.75) is 56.7 Å². The Balaban J connectivity index is 1.15. The molecule has 47 heavy (non-hydrogen) atoms. The van der Waals surface area contributed by atoms with Crippen LogP contribution < -0.4 is 19.7 Å². The first-order valence-electron chi connectivity index (χ1n) is 14.9. The maximum absolute atomic E-state index is 13.6. The van der Waals surface area contributed by atoms with Gasteiger partial charge in [0, 0.05) is 54.2 Å². The number of nitrogens with zero attached hydrogens (tertiary/aromatic N) is 7. The van der Waals surface area contributed by atoms with Gasteiger partial charge in [-0.2, -0.15) is 18.2 Å². The van der Waals surface area contributed by atoms with E-state index >= 15 is 0 Å². The third-order valence-electron chi connectivity index (χ3n) is 7.75. The highest BCUT2D eigenvalue weighted by Crippen LogP contribution is 2.36. The first-order chi connectivity index (χ1) is 22.8. The minimum Gasteiger partial charge on any atom is -0.469 e. The molecule has 4 aromatic rings. The summed E-state index contributed by atoms with van der Waals surface area (Å²) in [6, 6.07) is 8.72. The number of hydrogen-bond acceptors (Lipinski definition) is 12. The monoisotopic (exact) mass is 652 g/mol. The Labute approximate surface area is 267 Å². The van der Waals surface area contributed by atoms with E-state index in [4.69, 9.17) is 18.9 Å². The summed E-state index contributed by atoms with van der Waals surface area (Å²) in [5.41, 5.74) is 1.02. The first kappa shape index (κ1) is 31.8. The molecule has 0 unspecified atom stereocenters. The van der Waals surface area contributed by atoms with Gasteiger partial charge in [0.15, 0.2) is 0 Å². The van der Waals surface area contributed by atoms with Crippen LogP contribution in [0.4, 0.5) is 29.7 Å². The molecule has 1 aliphatic heterocycles. The lowest BCUT2D eigenvalue weighted by Crippen LogP contribution is -2.45. The molecular formula is C31H31F3N8O5. The van der Waals surface area contributed by atoms with Crippen LogP contribution in [0.15, 0.2) is 61.3 Å². The number of halogens is 3. The summed E-state index contributed by atoms with van der Waals surface area (Å²) in [6.45, 7) is 0.377. The van der Waals surface area contributed by atoms with Crippen LogP contribution in [0.1, 0.15) is 36.9 Å². The molecule has 0 bridgehead atoms. The van der Waals surface area contributed by atoms with Crippen molar-refractivity contribution in [3.63, 3.8) is 0 Å². The van der Waals surface area contributed by atoms with E-state index in [1.165, 1.54) is 12.0 Å². The average molecular weight is 653 g/mol. The van der Waals surface area contributed by atoms with E-state index in [1.807, 2.05) is 12.1 Å². The maximum atomic E-state index is 13.6. The standard InChI is InChI=1S/C31H31F3N8O5/c1-44-29-38-13-20(14-39-29)19-5-10-26(36-12-19)42(30(43)46-16-22-4-2-3-11-35-22)23-8-6-21(7-9-23)40-28-37-15-25(31(32,33)34)27(41-28)47-24-17-45-18-24/h2-5,10-15,21,23-24H,6-9,16-18H2,1H3,(H,37,40,41). The normalized spacial score (nSPS) is 18.1. The molecule has 1 aliphatic carbocycles. The number of carbonyl (C=O) groups excluding carboxylic acids is 1. The van der Waals surface area contributed by atoms with Crippen molar-refractivity contribution in [1.29, 1.82) is 0 Å². The highest BCUT2D eigenvalue weighted by Gasteiger charge is 2.38.